The molecule has 0 radical (unpaired) electrons. The van der Waals surface area contributed by atoms with Gasteiger partial charge in [-0.05, 0) is 42.0 Å². The molecule has 0 bridgehead atoms. The molecule has 15 nitrogen and oxygen atoms in total. The van der Waals surface area contributed by atoms with Crippen LogP contribution in [0.5, 0.6) is 40.2 Å². The minimum Gasteiger partial charge on any atom is -0.508 e. The second-order valence-corrected chi connectivity index (χ2v) is 9.98. The lowest BCUT2D eigenvalue weighted by molar-refractivity contribution is -0.278. The Morgan fingerprint density at radius 2 is 1.49 bits per heavy atom. The molecule has 1 aromatic heterocycles. The summed E-state index contributed by atoms with van der Waals surface area (Å²) < 4.78 is 22.0. The van der Waals surface area contributed by atoms with Gasteiger partial charge in [0.25, 0.3) is 0 Å². The van der Waals surface area contributed by atoms with Crippen molar-refractivity contribution in [1.29, 1.82) is 0 Å². The van der Waals surface area contributed by atoms with Gasteiger partial charge in [-0.25, -0.2) is 4.79 Å². The summed E-state index contributed by atoms with van der Waals surface area (Å²) >= 11 is 0. The number of phenolic OH excluding ortho intramolecular Hbond substituents is 6. The molecular weight excluding hydrogens is 600 g/mol. The third-order valence-corrected chi connectivity index (χ3v) is 6.86. The SMILES string of the molecule is O=C(/C=C/c1ccc(O)c(O)c1)OC[C@H]1O[C@@H](Oc2c(-c3ccc(O)c(O)c3)oc3cc(O)cc(O)c3c2=O)[C@@H](O)[C@H](O)[C@H]1O. The molecule has 0 unspecified atom stereocenters. The number of aliphatic hydroxyl groups excluding tert-OH is 3. The zero-order valence-electron chi connectivity index (χ0n) is 22.8. The van der Waals surface area contributed by atoms with Crippen LogP contribution in [0, 0.1) is 0 Å². The molecule has 236 valence electrons. The van der Waals surface area contributed by atoms with Gasteiger partial charge in [0, 0.05) is 23.8 Å². The lowest BCUT2D eigenvalue weighted by Crippen LogP contribution is -2.60. The first kappa shape index (κ1) is 31.0. The van der Waals surface area contributed by atoms with Crippen molar-refractivity contribution in [3.8, 4) is 51.6 Å². The zero-order valence-corrected chi connectivity index (χ0v) is 22.8. The molecule has 5 atom stereocenters. The minimum atomic E-state index is -1.97. The topological polar surface area (TPSA) is 257 Å². The molecule has 9 N–H and O–H groups in total. The average molecular weight is 627 g/mol. The number of aliphatic hydroxyl groups is 3. The van der Waals surface area contributed by atoms with Crippen LogP contribution in [0.3, 0.4) is 0 Å². The highest BCUT2D eigenvalue weighted by molar-refractivity contribution is 5.88. The van der Waals surface area contributed by atoms with Crippen molar-refractivity contribution >= 4 is 23.0 Å². The molecule has 0 saturated carbocycles. The Bertz CT molecular complexity index is 1850. The maximum absolute atomic E-state index is 13.6. The van der Waals surface area contributed by atoms with E-state index in [9.17, 15) is 55.5 Å². The van der Waals surface area contributed by atoms with Crippen molar-refractivity contribution in [2.24, 2.45) is 0 Å². The number of rotatable bonds is 7. The number of phenols is 6. The van der Waals surface area contributed by atoms with E-state index in [1.165, 1.54) is 30.3 Å². The van der Waals surface area contributed by atoms with E-state index >= 15 is 0 Å². The highest BCUT2D eigenvalue weighted by atomic mass is 16.7. The second-order valence-electron chi connectivity index (χ2n) is 9.98. The van der Waals surface area contributed by atoms with E-state index in [2.05, 4.69) is 0 Å². The van der Waals surface area contributed by atoms with Gasteiger partial charge in [0.1, 0.15) is 53.5 Å². The Morgan fingerprint density at radius 1 is 0.800 bits per heavy atom. The summed E-state index contributed by atoms with van der Waals surface area (Å²) in [6.07, 6.45) is -6.85. The van der Waals surface area contributed by atoms with Crippen LogP contribution in [0.1, 0.15) is 5.56 Å². The number of carbonyl (C=O) groups is 1. The fourth-order valence-corrected chi connectivity index (χ4v) is 4.52. The Balaban J connectivity index is 1.43. The summed E-state index contributed by atoms with van der Waals surface area (Å²) in [4.78, 5) is 25.8. The summed E-state index contributed by atoms with van der Waals surface area (Å²) in [6, 6.07) is 9.02. The van der Waals surface area contributed by atoms with Gasteiger partial charge in [0.15, 0.2) is 28.8 Å². The maximum Gasteiger partial charge on any atom is 0.330 e. The van der Waals surface area contributed by atoms with E-state index in [1.807, 2.05) is 0 Å². The molecular formula is C30H26O15. The van der Waals surface area contributed by atoms with Crippen molar-refractivity contribution in [3.05, 3.63) is 70.4 Å². The van der Waals surface area contributed by atoms with Gasteiger partial charge < -0.3 is 64.6 Å². The molecule has 0 spiro atoms. The lowest BCUT2D eigenvalue weighted by atomic mass is 9.99. The Hall–Kier alpha value is -5.48. The summed E-state index contributed by atoms with van der Waals surface area (Å²) in [5, 5.41) is 90.2. The third kappa shape index (κ3) is 6.27. The van der Waals surface area contributed by atoms with E-state index < -0.39 is 94.4 Å². The van der Waals surface area contributed by atoms with Gasteiger partial charge in [0.05, 0.1) is 0 Å². The maximum atomic E-state index is 13.6. The Kier molecular flexibility index (Phi) is 8.43. The first-order chi connectivity index (χ1) is 21.3. The lowest BCUT2D eigenvalue weighted by Gasteiger charge is -2.39. The molecule has 15 heteroatoms. The predicted octanol–water partition coefficient (Wildman–Crippen LogP) is 1.14. The highest BCUT2D eigenvalue weighted by Gasteiger charge is 2.46. The third-order valence-electron chi connectivity index (χ3n) is 6.86. The van der Waals surface area contributed by atoms with Crippen molar-refractivity contribution in [3.63, 3.8) is 0 Å². The van der Waals surface area contributed by atoms with Gasteiger partial charge >= 0.3 is 5.97 Å². The second kappa shape index (κ2) is 12.3. The summed E-state index contributed by atoms with van der Waals surface area (Å²) in [5.41, 5.74) is -1.02. The Labute approximate surface area is 251 Å². The largest absolute Gasteiger partial charge is 0.508 e. The number of hydrogen-bond acceptors (Lipinski definition) is 15. The van der Waals surface area contributed by atoms with Crippen LogP contribution in [-0.2, 0) is 14.3 Å². The van der Waals surface area contributed by atoms with Crippen LogP contribution in [-0.4, -0.2) is 89.2 Å². The molecule has 2 heterocycles. The van der Waals surface area contributed by atoms with Crippen molar-refractivity contribution in [2.45, 2.75) is 30.7 Å². The Morgan fingerprint density at radius 3 is 2.18 bits per heavy atom. The van der Waals surface area contributed by atoms with Gasteiger partial charge in [-0.3, -0.25) is 4.79 Å². The van der Waals surface area contributed by atoms with Gasteiger partial charge in [-0.1, -0.05) is 6.07 Å². The summed E-state index contributed by atoms with van der Waals surface area (Å²) in [5.74, 6) is -5.06. The molecule has 45 heavy (non-hydrogen) atoms. The molecule has 1 saturated heterocycles. The van der Waals surface area contributed by atoms with Crippen LogP contribution < -0.4 is 10.2 Å². The number of benzene rings is 3. The first-order valence-electron chi connectivity index (χ1n) is 13.1. The fourth-order valence-electron chi connectivity index (χ4n) is 4.52. The van der Waals surface area contributed by atoms with Crippen LogP contribution in [0.25, 0.3) is 28.4 Å². The standard InChI is InChI=1S/C30H26O15/c31-14-9-19(36)23-20(10-14)43-28(13-3-5-16(33)18(35)8-13)29(25(23)39)45-30-27(41)26(40)24(38)21(44-30)11-42-22(37)6-2-12-1-4-15(32)17(34)7-12/h1-10,21,24,26-27,30-36,38,40-41H,11H2/b6-2+/t21-,24+,26-,27+,30+/m1/s1. The van der Waals surface area contributed by atoms with E-state index in [0.717, 1.165) is 30.3 Å². The number of hydrogen-bond donors (Lipinski definition) is 9. The van der Waals surface area contributed by atoms with E-state index in [1.54, 1.807) is 0 Å². The molecule has 1 fully saturated rings. The number of esters is 1. The normalized spacial score (nSPS) is 21.6. The fraction of sp³-hybridized carbons (Fsp3) is 0.200. The van der Waals surface area contributed by atoms with E-state index in [4.69, 9.17) is 18.6 Å². The van der Waals surface area contributed by atoms with Crippen LogP contribution in [0.4, 0.5) is 0 Å². The number of aromatic hydroxyl groups is 6. The molecule has 5 rings (SSSR count). The van der Waals surface area contributed by atoms with E-state index in [0.29, 0.717) is 5.56 Å². The van der Waals surface area contributed by atoms with Crippen molar-refractivity contribution < 1.29 is 69.4 Å². The summed E-state index contributed by atoms with van der Waals surface area (Å²) in [6.45, 7) is -0.667. The van der Waals surface area contributed by atoms with Crippen molar-refractivity contribution in [1.82, 2.24) is 0 Å². The monoisotopic (exact) mass is 626 g/mol. The smallest absolute Gasteiger partial charge is 0.330 e. The van der Waals surface area contributed by atoms with Gasteiger partial charge in [0.2, 0.25) is 17.5 Å². The molecule has 1 aliphatic heterocycles. The molecule has 4 aromatic rings. The molecule has 3 aromatic carbocycles. The van der Waals surface area contributed by atoms with Crippen LogP contribution in [0.2, 0.25) is 0 Å². The number of carbonyl (C=O) groups excluding carboxylic acids is 1. The van der Waals surface area contributed by atoms with Crippen molar-refractivity contribution in [2.75, 3.05) is 6.61 Å². The summed E-state index contributed by atoms with van der Waals surface area (Å²) in [7, 11) is 0. The van der Waals surface area contributed by atoms with Crippen LogP contribution >= 0.6 is 0 Å². The number of ether oxygens (including phenoxy) is 3. The zero-order chi connectivity index (χ0) is 32.6. The molecule has 0 amide bonds. The van der Waals surface area contributed by atoms with Gasteiger partial charge in [-0.15, -0.1) is 0 Å². The highest BCUT2D eigenvalue weighted by Crippen LogP contribution is 2.39. The first-order valence-corrected chi connectivity index (χ1v) is 13.1. The average Bonchev–Trinajstić information content (AvgIpc) is 2.99. The number of fused-ring (bicyclic) bond motifs is 1. The van der Waals surface area contributed by atoms with E-state index in [-0.39, 0.29) is 16.9 Å². The molecule has 0 aliphatic carbocycles. The van der Waals surface area contributed by atoms with Crippen LogP contribution in [0.15, 0.2) is 63.8 Å². The molecule has 1 aliphatic rings. The predicted molar refractivity (Wildman–Crippen MR) is 152 cm³/mol. The van der Waals surface area contributed by atoms with Gasteiger partial charge in [-0.2, -0.15) is 0 Å². The minimum absolute atomic E-state index is 0.0350. The quantitative estimate of drug-likeness (QED) is 0.0791.